The third-order valence-electron chi connectivity index (χ3n) is 5.15. The second kappa shape index (κ2) is 8.34. The molecule has 0 radical (unpaired) electrons. The zero-order valence-corrected chi connectivity index (χ0v) is 16.2. The van der Waals surface area contributed by atoms with Crippen molar-refractivity contribution < 1.29 is 8.42 Å². The topological polar surface area (TPSA) is 49.4 Å². The van der Waals surface area contributed by atoms with Crippen molar-refractivity contribution in [3.63, 3.8) is 0 Å². The summed E-state index contributed by atoms with van der Waals surface area (Å²) in [4.78, 5) is 2.58. The molecule has 2 rings (SSSR count). The molecule has 24 heavy (non-hydrogen) atoms. The molecule has 0 aromatic heterocycles. The lowest BCUT2D eigenvalue weighted by Crippen LogP contribution is -2.41. The number of likely N-dealkylation sites (tertiary alicyclic amines) is 1. The van der Waals surface area contributed by atoms with Gasteiger partial charge < -0.3 is 4.90 Å². The van der Waals surface area contributed by atoms with Crippen molar-refractivity contribution in [3.8, 4) is 0 Å². The highest BCUT2D eigenvalue weighted by atomic mass is 32.2. The number of nitrogens with one attached hydrogen (secondary N) is 1. The zero-order chi connectivity index (χ0) is 17.6. The van der Waals surface area contributed by atoms with E-state index in [1.165, 1.54) is 44.0 Å². The molecule has 0 amide bonds. The summed E-state index contributed by atoms with van der Waals surface area (Å²) in [6, 6.07) is 7.89. The van der Waals surface area contributed by atoms with Gasteiger partial charge in [-0.2, -0.15) is 0 Å². The number of rotatable bonds is 8. The highest BCUT2D eigenvalue weighted by Gasteiger charge is 2.31. The first kappa shape index (κ1) is 19.3. The molecule has 1 aliphatic heterocycles. The fourth-order valence-electron chi connectivity index (χ4n) is 3.49. The second-order valence-corrected chi connectivity index (χ2v) is 9.17. The molecular formula is C19H32N2O2S. The van der Waals surface area contributed by atoms with E-state index >= 15 is 0 Å². The Bertz CT molecular complexity index is 620. The molecule has 1 fully saturated rings. The predicted octanol–water partition coefficient (Wildman–Crippen LogP) is 3.99. The van der Waals surface area contributed by atoms with Gasteiger partial charge in [0, 0.05) is 5.69 Å². The molecule has 4 nitrogen and oxygen atoms in total. The van der Waals surface area contributed by atoms with Crippen LogP contribution in [-0.2, 0) is 15.4 Å². The molecule has 1 saturated heterocycles. The van der Waals surface area contributed by atoms with E-state index in [1.807, 2.05) is 18.2 Å². The minimum Gasteiger partial charge on any atom is -0.303 e. The molecule has 0 unspecified atom stereocenters. The van der Waals surface area contributed by atoms with Crippen molar-refractivity contribution in [2.75, 3.05) is 30.6 Å². The Labute approximate surface area is 147 Å². The summed E-state index contributed by atoms with van der Waals surface area (Å²) in [5, 5.41) is 0. The van der Waals surface area contributed by atoms with Crippen LogP contribution in [0.3, 0.4) is 0 Å². The standard InChI is InChI=1S/C19H32N2O2S/c1-4-5-6-7-13-21-14-11-19(2,12-15-21)17-9-8-10-18(16-17)20-24(3,22)23/h8-10,16,20H,4-7,11-15H2,1-3H3. The number of anilines is 1. The fraction of sp³-hybridized carbons (Fsp3) is 0.684. The molecular weight excluding hydrogens is 320 g/mol. The van der Waals surface area contributed by atoms with Gasteiger partial charge in [-0.15, -0.1) is 0 Å². The maximum atomic E-state index is 11.4. The molecule has 5 heteroatoms. The van der Waals surface area contributed by atoms with Crippen molar-refractivity contribution in [2.24, 2.45) is 0 Å². The molecule has 1 aliphatic rings. The van der Waals surface area contributed by atoms with Crippen molar-refractivity contribution >= 4 is 15.7 Å². The molecule has 0 bridgehead atoms. The summed E-state index contributed by atoms with van der Waals surface area (Å²) in [6.45, 7) is 8.03. The fourth-order valence-corrected chi connectivity index (χ4v) is 4.05. The van der Waals surface area contributed by atoms with Crippen LogP contribution in [0.1, 0.15) is 57.9 Å². The summed E-state index contributed by atoms with van der Waals surface area (Å²) in [6.07, 6.45) is 8.72. The first-order valence-electron chi connectivity index (χ1n) is 9.13. The van der Waals surface area contributed by atoms with Gasteiger partial charge in [0.1, 0.15) is 0 Å². The van der Waals surface area contributed by atoms with Crippen LogP contribution >= 0.6 is 0 Å². The van der Waals surface area contributed by atoms with Gasteiger partial charge in [-0.3, -0.25) is 4.72 Å². The van der Waals surface area contributed by atoms with Crippen LogP contribution in [-0.4, -0.2) is 39.2 Å². The number of nitrogens with zero attached hydrogens (tertiary/aromatic N) is 1. The van der Waals surface area contributed by atoms with E-state index in [9.17, 15) is 8.42 Å². The predicted molar refractivity (Wildman–Crippen MR) is 102 cm³/mol. The van der Waals surface area contributed by atoms with Crippen LogP contribution < -0.4 is 4.72 Å². The van der Waals surface area contributed by atoms with Gasteiger partial charge in [0.25, 0.3) is 0 Å². The summed E-state index contributed by atoms with van der Waals surface area (Å²) in [5.74, 6) is 0. The van der Waals surface area contributed by atoms with Gasteiger partial charge in [-0.1, -0.05) is 45.2 Å². The van der Waals surface area contributed by atoms with E-state index in [1.54, 1.807) is 0 Å². The molecule has 1 aromatic carbocycles. The van der Waals surface area contributed by atoms with Crippen LogP contribution in [0.15, 0.2) is 24.3 Å². The Morgan fingerprint density at radius 3 is 2.50 bits per heavy atom. The molecule has 0 atom stereocenters. The summed E-state index contributed by atoms with van der Waals surface area (Å²) in [7, 11) is -3.23. The third kappa shape index (κ3) is 5.78. The average Bonchev–Trinajstić information content (AvgIpc) is 2.52. The van der Waals surface area contributed by atoms with Crippen LogP contribution in [0.4, 0.5) is 5.69 Å². The van der Waals surface area contributed by atoms with Gasteiger partial charge >= 0.3 is 0 Å². The minimum absolute atomic E-state index is 0.134. The van der Waals surface area contributed by atoms with E-state index in [4.69, 9.17) is 0 Å². The van der Waals surface area contributed by atoms with E-state index in [-0.39, 0.29) is 5.41 Å². The number of unbranched alkanes of at least 4 members (excludes halogenated alkanes) is 3. The molecule has 0 spiro atoms. The Morgan fingerprint density at radius 2 is 1.88 bits per heavy atom. The minimum atomic E-state index is -3.23. The van der Waals surface area contributed by atoms with Gasteiger partial charge in [0.2, 0.25) is 10.0 Å². The molecule has 1 heterocycles. The van der Waals surface area contributed by atoms with Crippen LogP contribution in [0.2, 0.25) is 0 Å². The van der Waals surface area contributed by atoms with Gasteiger partial charge in [0.05, 0.1) is 6.26 Å². The van der Waals surface area contributed by atoms with Crippen LogP contribution in [0.25, 0.3) is 0 Å². The van der Waals surface area contributed by atoms with Crippen LogP contribution in [0.5, 0.6) is 0 Å². The van der Waals surface area contributed by atoms with Crippen molar-refractivity contribution in [1.82, 2.24) is 4.90 Å². The Morgan fingerprint density at radius 1 is 1.17 bits per heavy atom. The van der Waals surface area contributed by atoms with Gasteiger partial charge in [0.15, 0.2) is 0 Å². The smallest absolute Gasteiger partial charge is 0.229 e. The summed E-state index contributed by atoms with van der Waals surface area (Å²) in [5.41, 5.74) is 2.04. The van der Waals surface area contributed by atoms with Crippen molar-refractivity contribution in [2.45, 2.75) is 57.8 Å². The molecule has 1 N–H and O–H groups in total. The maximum absolute atomic E-state index is 11.4. The third-order valence-corrected chi connectivity index (χ3v) is 5.76. The lowest BCUT2D eigenvalue weighted by Gasteiger charge is -2.40. The van der Waals surface area contributed by atoms with Crippen molar-refractivity contribution in [3.05, 3.63) is 29.8 Å². The number of hydrogen-bond acceptors (Lipinski definition) is 3. The quantitative estimate of drug-likeness (QED) is 0.720. The second-order valence-electron chi connectivity index (χ2n) is 7.42. The first-order chi connectivity index (χ1) is 11.3. The van der Waals surface area contributed by atoms with Crippen molar-refractivity contribution in [1.29, 1.82) is 0 Å². The largest absolute Gasteiger partial charge is 0.303 e. The average molecular weight is 353 g/mol. The molecule has 0 saturated carbocycles. The summed E-state index contributed by atoms with van der Waals surface area (Å²) >= 11 is 0. The Kier molecular flexibility index (Phi) is 6.70. The number of benzene rings is 1. The first-order valence-corrected chi connectivity index (χ1v) is 11.0. The van der Waals surface area contributed by atoms with E-state index in [0.717, 1.165) is 25.9 Å². The monoisotopic (exact) mass is 352 g/mol. The van der Waals surface area contributed by atoms with Gasteiger partial charge in [-0.05, 0) is 62.0 Å². The Balaban J connectivity index is 1.94. The zero-order valence-electron chi connectivity index (χ0n) is 15.3. The van der Waals surface area contributed by atoms with E-state index in [2.05, 4.69) is 29.5 Å². The maximum Gasteiger partial charge on any atom is 0.229 e. The molecule has 0 aliphatic carbocycles. The Hall–Kier alpha value is -1.07. The summed E-state index contributed by atoms with van der Waals surface area (Å²) < 4.78 is 25.5. The SMILES string of the molecule is CCCCCCN1CCC(C)(c2cccc(NS(C)(=O)=O)c2)CC1. The molecule has 136 valence electrons. The highest BCUT2D eigenvalue weighted by molar-refractivity contribution is 7.92. The lowest BCUT2D eigenvalue weighted by atomic mass is 9.74. The van der Waals surface area contributed by atoms with E-state index < -0.39 is 10.0 Å². The van der Waals surface area contributed by atoms with Crippen LogP contribution in [0, 0.1) is 0 Å². The van der Waals surface area contributed by atoms with E-state index in [0.29, 0.717) is 5.69 Å². The highest BCUT2D eigenvalue weighted by Crippen LogP contribution is 2.36. The normalized spacial score (nSPS) is 18.5. The number of sulfonamides is 1. The lowest BCUT2D eigenvalue weighted by molar-refractivity contribution is 0.166. The number of piperidine rings is 1. The van der Waals surface area contributed by atoms with Gasteiger partial charge in [-0.25, -0.2) is 8.42 Å². The number of hydrogen-bond donors (Lipinski definition) is 1. The molecule has 1 aromatic rings.